The fourth-order valence-corrected chi connectivity index (χ4v) is 3.57. The number of aromatic carboxylic acids is 1. The molecule has 0 saturated carbocycles. The molecule has 0 spiro atoms. The van der Waals surface area contributed by atoms with Crippen LogP contribution in [0.1, 0.15) is 48.1 Å². The number of piperidine rings is 1. The second kappa shape index (κ2) is 9.36. The quantitative estimate of drug-likeness (QED) is 0.771. The highest BCUT2D eigenvalue weighted by Crippen LogP contribution is 2.22. The molecule has 3 rings (SSSR count). The molecule has 8 nitrogen and oxygen atoms in total. The Hall–Kier alpha value is -3.16. The number of hydrogen-bond donors (Lipinski definition) is 1. The summed E-state index contributed by atoms with van der Waals surface area (Å²) in [6.45, 7) is 3.62. The molecule has 0 bridgehead atoms. The maximum atomic E-state index is 12.6. The Bertz CT molecular complexity index is 857. The fourth-order valence-electron chi connectivity index (χ4n) is 3.57. The van der Waals surface area contributed by atoms with Gasteiger partial charge in [0.05, 0.1) is 17.8 Å². The topological polar surface area (TPSA) is 95.7 Å². The van der Waals surface area contributed by atoms with Crippen LogP contribution in [-0.2, 0) is 16.1 Å². The SMILES string of the molecule is CC(=O)N(CCC(=O)N1CCC(n2cc(C(=O)O)cn2)CC1)Cc1ccccc1. The van der Waals surface area contributed by atoms with E-state index in [1.165, 1.54) is 13.1 Å². The first-order valence-electron chi connectivity index (χ1n) is 9.78. The van der Waals surface area contributed by atoms with Crippen molar-refractivity contribution in [3.05, 3.63) is 53.9 Å². The highest BCUT2D eigenvalue weighted by molar-refractivity contribution is 5.86. The first kappa shape index (κ1) is 20.6. The maximum absolute atomic E-state index is 12.6. The minimum atomic E-state index is -0.991. The lowest BCUT2D eigenvalue weighted by Gasteiger charge is -2.32. The Kier molecular flexibility index (Phi) is 6.64. The summed E-state index contributed by atoms with van der Waals surface area (Å²) in [7, 11) is 0. The van der Waals surface area contributed by atoms with Gasteiger partial charge in [0, 0.05) is 45.7 Å². The molecule has 0 aliphatic carbocycles. The number of carbonyl (C=O) groups is 3. The number of nitrogens with zero attached hydrogens (tertiary/aromatic N) is 4. The molecule has 1 aromatic carbocycles. The zero-order chi connectivity index (χ0) is 20.8. The van der Waals surface area contributed by atoms with E-state index in [9.17, 15) is 14.4 Å². The van der Waals surface area contributed by atoms with Gasteiger partial charge in [0.2, 0.25) is 11.8 Å². The molecular weight excluding hydrogens is 372 g/mol. The van der Waals surface area contributed by atoms with E-state index in [0.29, 0.717) is 32.6 Å². The second-order valence-corrected chi connectivity index (χ2v) is 7.30. The van der Waals surface area contributed by atoms with Crippen molar-refractivity contribution in [1.82, 2.24) is 19.6 Å². The Balaban J connectivity index is 1.48. The van der Waals surface area contributed by atoms with E-state index in [1.807, 2.05) is 35.2 Å². The van der Waals surface area contributed by atoms with Crippen LogP contribution in [0.2, 0.25) is 0 Å². The molecule has 1 aromatic heterocycles. The zero-order valence-electron chi connectivity index (χ0n) is 16.5. The van der Waals surface area contributed by atoms with Gasteiger partial charge >= 0.3 is 5.97 Å². The van der Waals surface area contributed by atoms with E-state index in [1.54, 1.807) is 15.8 Å². The summed E-state index contributed by atoms with van der Waals surface area (Å²) in [6.07, 6.45) is 4.64. The fraction of sp³-hybridized carbons (Fsp3) is 0.429. The Morgan fingerprint density at radius 2 is 1.86 bits per heavy atom. The highest BCUT2D eigenvalue weighted by atomic mass is 16.4. The van der Waals surface area contributed by atoms with E-state index < -0.39 is 5.97 Å². The van der Waals surface area contributed by atoms with Crippen molar-refractivity contribution in [2.45, 2.75) is 38.8 Å². The normalized spacial score (nSPS) is 14.6. The van der Waals surface area contributed by atoms with Gasteiger partial charge in [-0.2, -0.15) is 5.10 Å². The van der Waals surface area contributed by atoms with Crippen LogP contribution < -0.4 is 0 Å². The van der Waals surface area contributed by atoms with E-state index in [2.05, 4.69) is 5.10 Å². The summed E-state index contributed by atoms with van der Waals surface area (Å²) < 4.78 is 1.68. The summed E-state index contributed by atoms with van der Waals surface area (Å²) in [4.78, 5) is 39.0. The minimum Gasteiger partial charge on any atom is -0.478 e. The van der Waals surface area contributed by atoms with Crippen molar-refractivity contribution in [2.75, 3.05) is 19.6 Å². The van der Waals surface area contributed by atoms with Crippen molar-refractivity contribution in [2.24, 2.45) is 0 Å². The molecule has 2 aromatic rings. The van der Waals surface area contributed by atoms with E-state index in [0.717, 1.165) is 18.4 Å². The number of likely N-dealkylation sites (tertiary alicyclic amines) is 1. The summed E-state index contributed by atoms with van der Waals surface area (Å²) in [6, 6.07) is 9.82. The van der Waals surface area contributed by atoms with Crippen molar-refractivity contribution in [3.63, 3.8) is 0 Å². The molecule has 8 heteroatoms. The second-order valence-electron chi connectivity index (χ2n) is 7.30. The average molecular weight is 398 g/mol. The molecule has 154 valence electrons. The van der Waals surface area contributed by atoms with E-state index in [4.69, 9.17) is 5.11 Å². The van der Waals surface area contributed by atoms with Crippen LogP contribution in [0.25, 0.3) is 0 Å². The lowest BCUT2D eigenvalue weighted by atomic mass is 10.0. The zero-order valence-corrected chi connectivity index (χ0v) is 16.5. The number of amides is 2. The number of carbonyl (C=O) groups excluding carboxylic acids is 2. The molecule has 1 N–H and O–H groups in total. The molecule has 0 radical (unpaired) electrons. The third-order valence-corrected chi connectivity index (χ3v) is 5.30. The Morgan fingerprint density at radius 3 is 2.45 bits per heavy atom. The van der Waals surface area contributed by atoms with Crippen LogP contribution in [0, 0.1) is 0 Å². The van der Waals surface area contributed by atoms with Gasteiger partial charge in [-0.05, 0) is 18.4 Å². The van der Waals surface area contributed by atoms with Crippen LogP contribution in [0.15, 0.2) is 42.7 Å². The third kappa shape index (κ3) is 5.43. The molecule has 2 amide bonds. The van der Waals surface area contributed by atoms with Gasteiger partial charge in [0.15, 0.2) is 0 Å². The lowest BCUT2D eigenvalue weighted by Crippen LogP contribution is -2.41. The van der Waals surface area contributed by atoms with Crippen molar-refractivity contribution in [3.8, 4) is 0 Å². The first-order valence-corrected chi connectivity index (χ1v) is 9.78. The summed E-state index contributed by atoms with van der Waals surface area (Å²) >= 11 is 0. The van der Waals surface area contributed by atoms with Crippen LogP contribution in [0.3, 0.4) is 0 Å². The van der Waals surface area contributed by atoms with Crippen LogP contribution >= 0.6 is 0 Å². The monoisotopic (exact) mass is 398 g/mol. The van der Waals surface area contributed by atoms with Crippen LogP contribution in [-0.4, -0.2) is 62.1 Å². The number of aromatic nitrogens is 2. The smallest absolute Gasteiger partial charge is 0.338 e. The Labute approximate surface area is 169 Å². The van der Waals surface area contributed by atoms with Crippen molar-refractivity contribution < 1.29 is 19.5 Å². The van der Waals surface area contributed by atoms with Crippen molar-refractivity contribution >= 4 is 17.8 Å². The maximum Gasteiger partial charge on any atom is 0.338 e. The predicted molar refractivity (Wildman–Crippen MR) is 106 cm³/mol. The van der Waals surface area contributed by atoms with Gasteiger partial charge in [-0.3, -0.25) is 14.3 Å². The largest absolute Gasteiger partial charge is 0.478 e. The number of carboxylic acid groups (broad SMARTS) is 1. The first-order chi connectivity index (χ1) is 13.9. The third-order valence-electron chi connectivity index (χ3n) is 5.30. The predicted octanol–water partition coefficient (Wildman–Crippen LogP) is 2.18. The van der Waals surface area contributed by atoms with Gasteiger partial charge in [-0.15, -0.1) is 0 Å². The Morgan fingerprint density at radius 1 is 1.17 bits per heavy atom. The molecule has 1 saturated heterocycles. The van der Waals surface area contributed by atoms with E-state index >= 15 is 0 Å². The highest BCUT2D eigenvalue weighted by Gasteiger charge is 2.25. The summed E-state index contributed by atoms with van der Waals surface area (Å²) in [5.41, 5.74) is 1.21. The molecule has 1 aliphatic rings. The molecule has 2 heterocycles. The molecular formula is C21H26N4O4. The minimum absolute atomic E-state index is 0.0365. The van der Waals surface area contributed by atoms with Crippen molar-refractivity contribution in [1.29, 1.82) is 0 Å². The van der Waals surface area contributed by atoms with Gasteiger partial charge in [0.1, 0.15) is 0 Å². The number of carboxylic acids is 1. The lowest BCUT2D eigenvalue weighted by molar-refractivity contribution is -0.134. The average Bonchev–Trinajstić information content (AvgIpc) is 3.22. The molecule has 1 aliphatic heterocycles. The van der Waals surface area contributed by atoms with Gasteiger partial charge in [-0.1, -0.05) is 30.3 Å². The summed E-state index contributed by atoms with van der Waals surface area (Å²) in [5.74, 6) is -1.00. The molecule has 29 heavy (non-hydrogen) atoms. The van der Waals surface area contributed by atoms with Crippen LogP contribution in [0.4, 0.5) is 0 Å². The van der Waals surface area contributed by atoms with Gasteiger partial charge < -0.3 is 14.9 Å². The van der Waals surface area contributed by atoms with Gasteiger partial charge in [-0.25, -0.2) is 4.79 Å². The summed E-state index contributed by atoms with van der Waals surface area (Å²) in [5, 5.41) is 13.2. The van der Waals surface area contributed by atoms with Gasteiger partial charge in [0.25, 0.3) is 0 Å². The van der Waals surface area contributed by atoms with E-state index in [-0.39, 0.29) is 23.4 Å². The standard InChI is InChI=1S/C21H26N4O4/c1-16(26)24(14-17-5-3-2-4-6-17)12-9-20(27)23-10-7-19(8-11-23)25-15-18(13-22-25)21(28)29/h2-6,13,15,19H,7-12,14H2,1H3,(H,28,29). The molecule has 0 atom stereocenters. The number of benzene rings is 1. The van der Waals surface area contributed by atoms with Crippen LogP contribution in [0.5, 0.6) is 0 Å². The number of rotatable bonds is 7. The molecule has 1 fully saturated rings. The number of hydrogen-bond acceptors (Lipinski definition) is 4. The molecule has 0 unspecified atom stereocenters.